The molecule has 1 atom stereocenters. The van der Waals surface area contributed by atoms with Gasteiger partial charge < -0.3 is 15.5 Å². The van der Waals surface area contributed by atoms with Crippen molar-refractivity contribution in [3.63, 3.8) is 0 Å². The van der Waals surface area contributed by atoms with Crippen molar-refractivity contribution < 1.29 is 18.6 Å². The van der Waals surface area contributed by atoms with Crippen molar-refractivity contribution >= 4 is 39.9 Å². The van der Waals surface area contributed by atoms with Gasteiger partial charge in [0, 0.05) is 28.2 Å². The van der Waals surface area contributed by atoms with Crippen molar-refractivity contribution in [2.24, 2.45) is 0 Å². The summed E-state index contributed by atoms with van der Waals surface area (Å²) in [6.07, 6.45) is 5.26. The summed E-state index contributed by atoms with van der Waals surface area (Å²) in [5, 5.41) is 5.75. The highest BCUT2D eigenvalue weighted by atomic mass is 32.2. The Morgan fingerprint density at radius 3 is 2.20 bits per heavy atom. The number of nitrogens with one attached hydrogen (secondary N) is 2. The molecule has 0 heterocycles. The molecule has 1 saturated carbocycles. The minimum atomic E-state index is -1.72. The summed E-state index contributed by atoms with van der Waals surface area (Å²) in [4.78, 5) is 39.8. The Hall–Kier alpha value is -3.00. The van der Waals surface area contributed by atoms with Gasteiger partial charge in [-0.15, -0.1) is 0 Å². The Bertz CT molecular complexity index is 1080. The van der Waals surface area contributed by atoms with Gasteiger partial charge in [0.05, 0.1) is 0 Å². The van der Waals surface area contributed by atoms with Crippen LogP contribution in [0.5, 0.6) is 0 Å². The van der Waals surface area contributed by atoms with Crippen LogP contribution in [0.25, 0.3) is 0 Å². The Kier molecular flexibility index (Phi) is 9.60. The molecule has 2 N–H and O–H groups in total. The number of hydrogen-bond acceptors (Lipinski definition) is 4. The molecule has 2 aromatic carbocycles. The molecule has 0 aromatic heterocycles. The van der Waals surface area contributed by atoms with E-state index >= 15 is 0 Å². The highest BCUT2D eigenvalue weighted by Gasteiger charge is 2.25. The number of carbonyl (C=O) groups excluding carboxylic acids is 3. The number of nitrogens with zero attached hydrogens (tertiary/aromatic N) is 1. The van der Waals surface area contributed by atoms with Gasteiger partial charge >= 0.3 is 0 Å². The summed E-state index contributed by atoms with van der Waals surface area (Å²) in [5.74, 6) is -1.74. The molecule has 0 spiro atoms. The van der Waals surface area contributed by atoms with Crippen LogP contribution < -0.4 is 15.5 Å². The lowest BCUT2D eigenvalue weighted by Gasteiger charge is -2.27. The van der Waals surface area contributed by atoms with E-state index < -0.39 is 22.6 Å². The van der Waals surface area contributed by atoms with Crippen LogP contribution in [0.15, 0.2) is 42.5 Å². The van der Waals surface area contributed by atoms with E-state index in [1.165, 1.54) is 11.3 Å². The summed E-state index contributed by atoms with van der Waals surface area (Å²) in [5.41, 5.74) is 4.19. The first kappa shape index (κ1) is 26.6. The molecule has 1 fully saturated rings. The minimum Gasteiger partial charge on any atom is -0.352 e. The van der Waals surface area contributed by atoms with Crippen molar-refractivity contribution in [3.05, 3.63) is 59.2 Å². The molecule has 3 amide bonds. The van der Waals surface area contributed by atoms with Gasteiger partial charge in [-0.25, -0.2) is 0 Å². The van der Waals surface area contributed by atoms with Crippen LogP contribution in [0.1, 0.15) is 48.8 Å². The maximum absolute atomic E-state index is 13.2. The number of benzene rings is 2. The fraction of sp³-hybridized carbons (Fsp3) is 0.444. The zero-order chi connectivity index (χ0) is 25.4. The van der Waals surface area contributed by atoms with Crippen LogP contribution in [-0.4, -0.2) is 46.0 Å². The van der Waals surface area contributed by atoms with E-state index in [1.54, 1.807) is 12.1 Å². The largest absolute Gasteiger partial charge is 0.352 e. The van der Waals surface area contributed by atoms with E-state index in [0.717, 1.165) is 42.4 Å². The van der Waals surface area contributed by atoms with E-state index in [2.05, 4.69) is 10.6 Å². The highest BCUT2D eigenvalue weighted by molar-refractivity contribution is 7.86. The van der Waals surface area contributed by atoms with Gasteiger partial charge in [0.1, 0.15) is 18.1 Å². The van der Waals surface area contributed by atoms with Crippen LogP contribution >= 0.6 is 0 Å². The molecule has 2 aromatic rings. The zero-order valence-electron chi connectivity index (χ0n) is 20.8. The van der Waals surface area contributed by atoms with Gasteiger partial charge in [-0.3, -0.25) is 18.6 Å². The van der Waals surface area contributed by atoms with Crippen molar-refractivity contribution in [3.8, 4) is 0 Å². The summed E-state index contributed by atoms with van der Waals surface area (Å²) in [6.45, 7) is 5.64. The number of rotatable bonds is 9. The normalized spacial score (nSPS) is 14.7. The zero-order valence-corrected chi connectivity index (χ0v) is 21.6. The van der Waals surface area contributed by atoms with Crippen LogP contribution in [0.2, 0.25) is 0 Å². The minimum absolute atomic E-state index is 0.131. The molecule has 188 valence electrons. The van der Waals surface area contributed by atoms with E-state index in [1.807, 2.05) is 51.1 Å². The van der Waals surface area contributed by atoms with Crippen LogP contribution in [0, 0.1) is 20.8 Å². The Morgan fingerprint density at radius 1 is 0.886 bits per heavy atom. The molecule has 3 rings (SSSR count). The number of hydrogen-bond donors (Lipinski definition) is 2. The van der Waals surface area contributed by atoms with Crippen molar-refractivity contribution in [1.82, 2.24) is 5.32 Å². The van der Waals surface area contributed by atoms with E-state index in [9.17, 15) is 18.6 Å². The molecule has 0 saturated heterocycles. The number of carbonyl (C=O) groups is 3. The van der Waals surface area contributed by atoms with Gasteiger partial charge in [-0.1, -0.05) is 54.7 Å². The lowest BCUT2D eigenvalue weighted by molar-refractivity contribution is -0.123. The third-order valence-electron chi connectivity index (χ3n) is 6.13. The second-order valence-corrected chi connectivity index (χ2v) is 10.8. The second kappa shape index (κ2) is 12.6. The molecule has 0 unspecified atom stereocenters. The topological polar surface area (TPSA) is 95.6 Å². The molecular formula is C27H35N3O4S. The average Bonchev–Trinajstić information content (AvgIpc) is 2.80. The second-order valence-electron chi connectivity index (χ2n) is 9.31. The maximum Gasteiger partial charge on any atom is 0.240 e. The predicted molar refractivity (Wildman–Crippen MR) is 141 cm³/mol. The lowest BCUT2D eigenvalue weighted by Crippen LogP contribution is -2.46. The first-order valence-electron chi connectivity index (χ1n) is 12.1. The summed E-state index contributed by atoms with van der Waals surface area (Å²) >= 11 is 0. The third kappa shape index (κ3) is 8.31. The smallest absolute Gasteiger partial charge is 0.240 e. The van der Waals surface area contributed by atoms with Gasteiger partial charge in [0.2, 0.25) is 17.7 Å². The predicted octanol–water partition coefficient (Wildman–Crippen LogP) is 3.78. The fourth-order valence-electron chi connectivity index (χ4n) is 4.33. The van der Waals surface area contributed by atoms with E-state index in [0.29, 0.717) is 11.4 Å². The van der Waals surface area contributed by atoms with E-state index in [4.69, 9.17) is 0 Å². The van der Waals surface area contributed by atoms with Crippen LogP contribution in [-0.2, 0) is 25.2 Å². The van der Waals surface area contributed by atoms with Crippen molar-refractivity contribution in [2.75, 3.05) is 28.3 Å². The van der Waals surface area contributed by atoms with Gasteiger partial charge in [-0.05, 0) is 57.4 Å². The third-order valence-corrected chi connectivity index (χ3v) is 7.28. The first-order chi connectivity index (χ1) is 16.7. The summed E-state index contributed by atoms with van der Waals surface area (Å²) < 4.78 is 12.7. The number of aryl methyl sites for hydroxylation is 3. The number of amides is 3. The SMILES string of the molecule is Cc1ccc(NC(=O)C[S@@](=O)CC(=O)N(CC(=O)NC2CCCCC2)c2ccc(C)cc2C)cc1. The lowest BCUT2D eigenvalue weighted by atomic mass is 9.95. The van der Waals surface area contributed by atoms with Crippen molar-refractivity contribution in [2.45, 2.75) is 58.9 Å². The fourth-order valence-corrected chi connectivity index (χ4v) is 5.22. The molecular weight excluding hydrogens is 462 g/mol. The monoisotopic (exact) mass is 497 g/mol. The average molecular weight is 498 g/mol. The molecule has 8 heteroatoms. The van der Waals surface area contributed by atoms with Gasteiger partial charge in [0.15, 0.2) is 0 Å². The summed E-state index contributed by atoms with van der Waals surface area (Å²) in [6, 6.07) is 13.1. The van der Waals surface area contributed by atoms with Crippen LogP contribution in [0.4, 0.5) is 11.4 Å². The Morgan fingerprint density at radius 2 is 1.54 bits per heavy atom. The highest BCUT2D eigenvalue weighted by Crippen LogP contribution is 2.22. The molecule has 7 nitrogen and oxygen atoms in total. The van der Waals surface area contributed by atoms with E-state index in [-0.39, 0.29) is 30.0 Å². The Labute approximate surface area is 210 Å². The van der Waals surface area contributed by atoms with Crippen molar-refractivity contribution in [1.29, 1.82) is 0 Å². The van der Waals surface area contributed by atoms with Crippen LogP contribution in [0.3, 0.4) is 0 Å². The quantitative estimate of drug-likeness (QED) is 0.551. The Balaban J connectivity index is 1.65. The molecule has 0 bridgehead atoms. The molecule has 35 heavy (non-hydrogen) atoms. The standard InChI is InChI=1S/C27H35N3O4S/c1-19-9-12-23(13-10-19)29-26(32)17-35(34)18-27(33)30(24-14-11-20(2)15-21(24)3)16-25(31)28-22-7-5-4-6-8-22/h9-15,22H,4-8,16-18H2,1-3H3,(H,28,31)(H,29,32)/t35-/m1/s1. The first-order valence-corrected chi connectivity index (χ1v) is 13.6. The summed E-state index contributed by atoms with van der Waals surface area (Å²) in [7, 11) is -1.72. The maximum atomic E-state index is 13.2. The van der Waals surface area contributed by atoms with Gasteiger partial charge in [0.25, 0.3) is 0 Å². The molecule has 1 aliphatic rings. The molecule has 0 aliphatic heterocycles. The molecule has 0 radical (unpaired) electrons. The molecule has 1 aliphatic carbocycles. The van der Waals surface area contributed by atoms with Gasteiger partial charge in [-0.2, -0.15) is 0 Å². The number of anilines is 2.